The first kappa shape index (κ1) is 27.6. The topological polar surface area (TPSA) is 77.0 Å². The van der Waals surface area contributed by atoms with Crippen LogP contribution in [0.15, 0.2) is 60.9 Å². The third-order valence-electron chi connectivity index (χ3n) is 4.84. The molecule has 0 atom stereocenters. The molecule has 1 aromatic carbocycles. The van der Waals surface area contributed by atoms with Gasteiger partial charge in [0.05, 0.1) is 0 Å². The molecule has 0 aliphatic heterocycles. The average Bonchev–Trinajstić information content (AvgIpc) is 2.74. The van der Waals surface area contributed by atoms with Crippen LogP contribution in [-0.4, -0.2) is 27.3 Å². The normalized spacial score (nSPS) is 10.2. The lowest BCUT2D eigenvalue weighted by Gasteiger charge is -2.17. The molecule has 0 saturated carbocycles. The fourth-order valence-electron chi connectivity index (χ4n) is 2.95. The third kappa shape index (κ3) is 8.89. The van der Waals surface area contributed by atoms with Crippen molar-refractivity contribution in [3.05, 3.63) is 94.6 Å². The van der Waals surface area contributed by atoms with Gasteiger partial charge in [0.1, 0.15) is 0 Å². The molecule has 3 rings (SSSR count). The molecular formula is C28H34N2O3. The van der Waals surface area contributed by atoms with Crippen molar-refractivity contribution in [3.63, 3.8) is 0 Å². The standard InChI is InChI=1S/C11H15NO.C9H10O.C8H9NO/c1-8-9(6-5-7-12-8)10(13)11(2,3)4;1-7-5-3-4-6-9(7)8(2)10;1-6-8(7(2)10)4-3-5-9-6/h5-7H,1-4H3;3-6H,1-2H3;3-5H,1-2H3. The van der Waals surface area contributed by atoms with E-state index in [1.165, 1.54) is 0 Å². The molecule has 0 fully saturated rings. The van der Waals surface area contributed by atoms with E-state index in [2.05, 4.69) is 9.97 Å². The molecule has 33 heavy (non-hydrogen) atoms. The molecule has 0 amide bonds. The molecule has 0 radical (unpaired) electrons. The molecule has 0 spiro atoms. The van der Waals surface area contributed by atoms with E-state index >= 15 is 0 Å². The Bertz CT molecular complexity index is 1060. The molecule has 0 N–H and O–H groups in total. The summed E-state index contributed by atoms with van der Waals surface area (Å²) in [6.45, 7) is 14.5. The Labute approximate surface area is 197 Å². The second kappa shape index (κ2) is 12.5. The van der Waals surface area contributed by atoms with Crippen LogP contribution in [0.3, 0.4) is 0 Å². The van der Waals surface area contributed by atoms with Crippen molar-refractivity contribution in [1.29, 1.82) is 0 Å². The Morgan fingerprint density at radius 3 is 1.39 bits per heavy atom. The Balaban J connectivity index is 0.000000251. The Hall–Kier alpha value is -3.47. The van der Waals surface area contributed by atoms with Gasteiger partial charge >= 0.3 is 0 Å². The highest BCUT2D eigenvalue weighted by molar-refractivity contribution is 6.00. The van der Waals surface area contributed by atoms with Crippen molar-refractivity contribution < 1.29 is 14.4 Å². The minimum atomic E-state index is -0.326. The van der Waals surface area contributed by atoms with Crippen LogP contribution in [0.5, 0.6) is 0 Å². The number of nitrogens with zero attached hydrogens (tertiary/aromatic N) is 2. The van der Waals surface area contributed by atoms with E-state index in [0.29, 0.717) is 5.56 Å². The summed E-state index contributed by atoms with van der Waals surface area (Å²) in [5.74, 6) is 0.363. The largest absolute Gasteiger partial charge is 0.295 e. The summed E-state index contributed by atoms with van der Waals surface area (Å²) in [4.78, 5) is 41.6. The number of rotatable bonds is 3. The summed E-state index contributed by atoms with van der Waals surface area (Å²) in [5.41, 5.74) is 4.60. The SMILES string of the molecule is CC(=O)c1ccccc1C.CC(=O)c1cccnc1C.Cc1ncccc1C(=O)C(C)(C)C. The highest BCUT2D eigenvalue weighted by atomic mass is 16.1. The van der Waals surface area contributed by atoms with Gasteiger partial charge in [-0.15, -0.1) is 0 Å². The van der Waals surface area contributed by atoms with Gasteiger partial charge in [-0.2, -0.15) is 0 Å². The van der Waals surface area contributed by atoms with Gasteiger partial charge in [0.25, 0.3) is 0 Å². The maximum Gasteiger partial charge on any atom is 0.169 e. The number of benzene rings is 1. The van der Waals surface area contributed by atoms with Crippen molar-refractivity contribution in [1.82, 2.24) is 9.97 Å². The zero-order chi connectivity index (χ0) is 25.2. The lowest BCUT2D eigenvalue weighted by Crippen LogP contribution is -2.21. The van der Waals surface area contributed by atoms with Crippen LogP contribution in [0.25, 0.3) is 0 Å². The summed E-state index contributed by atoms with van der Waals surface area (Å²) in [7, 11) is 0. The maximum absolute atomic E-state index is 11.8. The molecular weight excluding hydrogens is 412 g/mol. The number of aromatic nitrogens is 2. The lowest BCUT2D eigenvalue weighted by molar-refractivity contribution is 0.0856. The lowest BCUT2D eigenvalue weighted by atomic mass is 9.86. The van der Waals surface area contributed by atoms with Gasteiger partial charge in [0.2, 0.25) is 0 Å². The summed E-state index contributed by atoms with van der Waals surface area (Å²) in [6.07, 6.45) is 3.39. The summed E-state index contributed by atoms with van der Waals surface area (Å²) in [5, 5.41) is 0. The summed E-state index contributed by atoms with van der Waals surface area (Å²) >= 11 is 0. The van der Waals surface area contributed by atoms with E-state index in [4.69, 9.17) is 0 Å². The molecule has 5 heteroatoms. The molecule has 0 aliphatic carbocycles. The minimum Gasteiger partial charge on any atom is -0.295 e. The predicted octanol–water partition coefficient (Wildman–Crippen LogP) is 6.41. The van der Waals surface area contributed by atoms with Crippen molar-refractivity contribution in [2.24, 2.45) is 5.41 Å². The van der Waals surface area contributed by atoms with Crippen molar-refractivity contribution in [2.75, 3.05) is 0 Å². The number of pyridine rings is 2. The maximum atomic E-state index is 11.8. The van der Waals surface area contributed by atoms with Crippen molar-refractivity contribution in [3.8, 4) is 0 Å². The Morgan fingerprint density at radius 2 is 1.06 bits per heavy atom. The highest BCUT2D eigenvalue weighted by Gasteiger charge is 2.24. The van der Waals surface area contributed by atoms with E-state index in [9.17, 15) is 14.4 Å². The molecule has 0 unspecified atom stereocenters. The number of Topliss-reactive ketones (excluding diaryl/α,β-unsaturated/α-hetero) is 3. The molecule has 0 saturated heterocycles. The molecule has 2 heterocycles. The van der Waals surface area contributed by atoms with Gasteiger partial charge in [-0.1, -0.05) is 45.0 Å². The molecule has 0 aliphatic rings. The second-order valence-corrected chi connectivity index (χ2v) is 8.78. The molecule has 5 nitrogen and oxygen atoms in total. The molecule has 174 valence electrons. The van der Waals surface area contributed by atoms with E-state index in [-0.39, 0.29) is 22.8 Å². The number of aryl methyl sites for hydroxylation is 3. The first-order valence-corrected chi connectivity index (χ1v) is 10.8. The molecule has 2 aromatic heterocycles. The average molecular weight is 447 g/mol. The monoisotopic (exact) mass is 446 g/mol. The van der Waals surface area contributed by atoms with Crippen LogP contribution in [0.1, 0.15) is 82.6 Å². The van der Waals surface area contributed by atoms with E-state index in [0.717, 1.165) is 28.1 Å². The van der Waals surface area contributed by atoms with Gasteiger partial charge in [-0.25, -0.2) is 0 Å². The fraction of sp³-hybridized carbons (Fsp3) is 0.321. The third-order valence-corrected chi connectivity index (χ3v) is 4.84. The van der Waals surface area contributed by atoms with Crippen LogP contribution < -0.4 is 0 Å². The van der Waals surface area contributed by atoms with Gasteiger partial charge in [-0.05, 0) is 64.4 Å². The zero-order valence-corrected chi connectivity index (χ0v) is 20.9. The van der Waals surface area contributed by atoms with Crippen LogP contribution in [0, 0.1) is 26.2 Å². The number of hydrogen-bond acceptors (Lipinski definition) is 5. The van der Waals surface area contributed by atoms with E-state index in [1.807, 2.05) is 71.9 Å². The Kier molecular flexibility index (Phi) is 10.5. The number of carbonyl (C=O) groups is 3. The second-order valence-electron chi connectivity index (χ2n) is 8.78. The number of ketones is 3. The van der Waals surface area contributed by atoms with Gasteiger partial charge < -0.3 is 0 Å². The van der Waals surface area contributed by atoms with Crippen LogP contribution in [-0.2, 0) is 0 Å². The number of hydrogen-bond donors (Lipinski definition) is 0. The summed E-state index contributed by atoms with van der Waals surface area (Å²) in [6, 6.07) is 14.8. The fourth-order valence-corrected chi connectivity index (χ4v) is 2.95. The van der Waals surface area contributed by atoms with E-state index < -0.39 is 0 Å². The quantitative estimate of drug-likeness (QED) is 0.435. The predicted molar refractivity (Wildman–Crippen MR) is 133 cm³/mol. The summed E-state index contributed by atoms with van der Waals surface area (Å²) < 4.78 is 0. The highest BCUT2D eigenvalue weighted by Crippen LogP contribution is 2.21. The van der Waals surface area contributed by atoms with Crippen LogP contribution in [0.4, 0.5) is 0 Å². The van der Waals surface area contributed by atoms with Gasteiger partial charge in [0, 0.05) is 45.9 Å². The smallest absolute Gasteiger partial charge is 0.169 e. The van der Waals surface area contributed by atoms with Crippen molar-refractivity contribution in [2.45, 2.75) is 55.4 Å². The van der Waals surface area contributed by atoms with Crippen LogP contribution in [0.2, 0.25) is 0 Å². The van der Waals surface area contributed by atoms with Crippen molar-refractivity contribution >= 4 is 17.3 Å². The van der Waals surface area contributed by atoms with E-state index in [1.54, 1.807) is 44.4 Å². The first-order valence-electron chi connectivity index (χ1n) is 10.8. The minimum absolute atomic E-state index is 0.0746. The first-order chi connectivity index (χ1) is 15.4. The Morgan fingerprint density at radius 1 is 0.636 bits per heavy atom. The van der Waals surface area contributed by atoms with Gasteiger partial charge in [0.15, 0.2) is 17.3 Å². The van der Waals surface area contributed by atoms with Gasteiger partial charge in [-0.3, -0.25) is 24.4 Å². The number of carbonyl (C=O) groups excluding carboxylic acids is 3. The molecule has 3 aromatic rings. The molecule has 0 bridgehead atoms. The van der Waals surface area contributed by atoms with Crippen LogP contribution >= 0.6 is 0 Å². The zero-order valence-electron chi connectivity index (χ0n) is 20.9.